The molecule has 1 atom stereocenters. The number of amides is 1. The van der Waals surface area contributed by atoms with Crippen molar-refractivity contribution in [2.45, 2.75) is 37.4 Å². The topological polar surface area (TPSA) is 111 Å². The number of para-hydroxylation sites is 2. The first-order chi connectivity index (χ1) is 14.6. The molecule has 1 unspecified atom stereocenters. The van der Waals surface area contributed by atoms with Crippen molar-refractivity contribution in [3.05, 3.63) is 54.1 Å². The quantitative estimate of drug-likeness (QED) is 0.532. The minimum absolute atomic E-state index is 0.0207. The highest BCUT2D eigenvalue weighted by molar-refractivity contribution is 7.89. The molecule has 11 heteroatoms. The lowest BCUT2D eigenvalue weighted by Crippen LogP contribution is -2.30. The average molecular weight is 456 g/mol. The van der Waals surface area contributed by atoms with Gasteiger partial charge in [0.2, 0.25) is 10.0 Å². The van der Waals surface area contributed by atoms with Crippen LogP contribution in [0.2, 0.25) is 0 Å². The van der Waals surface area contributed by atoms with Gasteiger partial charge in [-0.15, -0.1) is 0 Å². The number of carbonyl (C=O) groups is 2. The van der Waals surface area contributed by atoms with Crippen LogP contribution in [0.1, 0.15) is 18.9 Å². The van der Waals surface area contributed by atoms with E-state index >= 15 is 0 Å². The van der Waals surface area contributed by atoms with E-state index in [1.807, 2.05) is 0 Å². The van der Waals surface area contributed by atoms with E-state index < -0.39 is 34.6 Å². The van der Waals surface area contributed by atoms with Gasteiger partial charge in [0.15, 0.2) is 6.10 Å². The number of rotatable bonds is 10. The van der Waals surface area contributed by atoms with Gasteiger partial charge in [-0.1, -0.05) is 24.3 Å². The van der Waals surface area contributed by atoms with Gasteiger partial charge in [0.05, 0.1) is 10.6 Å². The Morgan fingerprint density at radius 3 is 2.32 bits per heavy atom. The standard InChI is InChI=1S/C20H22F2N2O6S/c1-13(19(26)24-16-5-3-4-6-17(16)30-20(21)22)29-18(25)12-9-14-7-10-15(11-8-14)31(27,28)23-2/h3-8,10-11,13,20,23H,9,12H2,1-2H3,(H,24,26). The normalized spacial score (nSPS) is 12.3. The molecular weight excluding hydrogens is 434 g/mol. The Bertz CT molecular complexity index is 1010. The maximum absolute atomic E-state index is 12.5. The fourth-order valence-corrected chi connectivity index (χ4v) is 3.24. The second kappa shape index (κ2) is 10.8. The van der Waals surface area contributed by atoms with Crippen molar-refractivity contribution in [3.63, 3.8) is 0 Å². The number of benzene rings is 2. The smallest absolute Gasteiger partial charge is 0.387 e. The Hall–Kier alpha value is -3.05. The van der Waals surface area contributed by atoms with Gasteiger partial charge in [-0.05, 0) is 50.2 Å². The van der Waals surface area contributed by atoms with E-state index in [-0.39, 0.29) is 29.2 Å². The Balaban J connectivity index is 1.88. The second-order valence-corrected chi connectivity index (χ2v) is 8.23. The Labute approximate surface area is 178 Å². The molecule has 0 saturated heterocycles. The van der Waals surface area contributed by atoms with Crippen molar-refractivity contribution in [3.8, 4) is 5.75 Å². The molecule has 168 valence electrons. The highest BCUT2D eigenvalue weighted by Crippen LogP contribution is 2.25. The third-order valence-corrected chi connectivity index (χ3v) is 5.59. The number of halogens is 2. The monoisotopic (exact) mass is 456 g/mol. The van der Waals surface area contributed by atoms with Crippen LogP contribution >= 0.6 is 0 Å². The van der Waals surface area contributed by atoms with Crippen molar-refractivity contribution < 1.29 is 36.3 Å². The van der Waals surface area contributed by atoms with Crippen LogP contribution in [-0.4, -0.2) is 40.1 Å². The average Bonchev–Trinajstić information content (AvgIpc) is 2.73. The highest BCUT2D eigenvalue weighted by Gasteiger charge is 2.20. The summed E-state index contributed by atoms with van der Waals surface area (Å²) in [6, 6.07) is 11.6. The first kappa shape index (κ1) is 24.2. The van der Waals surface area contributed by atoms with E-state index in [4.69, 9.17) is 4.74 Å². The van der Waals surface area contributed by atoms with Crippen LogP contribution in [0.4, 0.5) is 14.5 Å². The lowest BCUT2D eigenvalue weighted by Gasteiger charge is -2.15. The minimum atomic E-state index is -3.54. The number of alkyl halides is 2. The van der Waals surface area contributed by atoms with Crippen LogP contribution in [0.25, 0.3) is 0 Å². The van der Waals surface area contributed by atoms with Gasteiger partial charge in [0.1, 0.15) is 5.75 Å². The van der Waals surface area contributed by atoms with Gasteiger partial charge in [0, 0.05) is 6.42 Å². The molecule has 0 heterocycles. The van der Waals surface area contributed by atoms with Gasteiger partial charge in [-0.3, -0.25) is 9.59 Å². The molecule has 0 aromatic heterocycles. The predicted molar refractivity (Wildman–Crippen MR) is 108 cm³/mol. The number of hydrogen-bond acceptors (Lipinski definition) is 6. The minimum Gasteiger partial charge on any atom is -0.453 e. The zero-order valence-electron chi connectivity index (χ0n) is 16.8. The number of esters is 1. The number of carbonyl (C=O) groups excluding carboxylic acids is 2. The summed E-state index contributed by atoms with van der Waals surface area (Å²) < 4.78 is 59.9. The summed E-state index contributed by atoms with van der Waals surface area (Å²) in [6.45, 7) is -1.71. The second-order valence-electron chi connectivity index (χ2n) is 6.35. The zero-order chi connectivity index (χ0) is 23.0. The lowest BCUT2D eigenvalue weighted by atomic mass is 10.1. The van der Waals surface area contributed by atoms with Crippen LogP contribution in [0.3, 0.4) is 0 Å². The number of anilines is 1. The molecule has 1 amide bonds. The summed E-state index contributed by atoms with van der Waals surface area (Å²) >= 11 is 0. The SMILES string of the molecule is CNS(=O)(=O)c1ccc(CCC(=O)OC(C)C(=O)Nc2ccccc2OC(F)F)cc1. The van der Waals surface area contributed by atoms with Gasteiger partial charge >= 0.3 is 12.6 Å². The Kier molecular flexibility index (Phi) is 8.46. The third-order valence-electron chi connectivity index (χ3n) is 4.16. The fourth-order valence-electron chi connectivity index (χ4n) is 2.51. The van der Waals surface area contributed by atoms with E-state index in [1.165, 1.54) is 50.4 Å². The molecule has 0 aliphatic heterocycles. The first-order valence-electron chi connectivity index (χ1n) is 9.19. The molecule has 31 heavy (non-hydrogen) atoms. The summed E-state index contributed by atoms with van der Waals surface area (Å²) in [6.07, 6.45) is -0.936. The lowest BCUT2D eigenvalue weighted by molar-refractivity contribution is -0.153. The van der Waals surface area contributed by atoms with Crippen LogP contribution < -0.4 is 14.8 Å². The van der Waals surface area contributed by atoms with Crippen LogP contribution in [0, 0.1) is 0 Å². The zero-order valence-corrected chi connectivity index (χ0v) is 17.6. The van der Waals surface area contributed by atoms with Gasteiger partial charge in [-0.25, -0.2) is 13.1 Å². The molecule has 0 spiro atoms. The number of aryl methyl sites for hydroxylation is 1. The molecule has 0 saturated carbocycles. The molecule has 0 radical (unpaired) electrons. The van der Waals surface area contributed by atoms with Gasteiger partial charge in [0.25, 0.3) is 5.91 Å². The van der Waals surface area contributed by atoms with Crippen LogP contribution in [0.5, 0.6) is 5.75 Å². The summed E-state index contributed by atoms with van der Waals surface area (Å²) in [7, 11) is -2.24. The summed E-state index contributed by atoms with van der Waals surface area (Å²) in [5, 5.41) is 2.38. The molecule has 0 bridgehead atoms. The predicted octanol–water partition coefficient (Wildman–Crippen LogP) is 2.70. The molecule has 0 aliphatic carbocycles. The maximum atomic E-state index is 12.5. The van der Waals surface area contributed by atoms with Gasteiger partial charge in [-0.2, -0.15) is 8.78 Å². The van der Waals surface area contributed by atoms with Crippen molar-refractivity contribution >= 4 is 27.6 Å². The Morgan fingerprint density at radius 2 is 1.71 bits per heavy atom. The molecule has 8 nitrogen and oxygen atoms in total. The van der Waals surface area contributed by atoms with E-state index in [0.717, 1.165) is 0 Å². The summed E-state index contributed by atoms with van der Waals surface area (Å²) in [5.74, 6) is -1.57. The molecule has 2 aromatic rings. The first-order valence-corrected chi connectivity index (χ1v) is 10.7. The molecule has 2 aromatic carbocycles. The third kappa shape index (κ3) is 7.30. The van der Waals surface area contributed by atoms with Crippen molar-refractivity contribution in [2.24, 2.45) is 0 Å². The number of ether oxygens (including phenoxy) is 2. The van der Waals surface area contributed by atoms with Crippen LogP contribution in [0.15, 0.2) is 53.4 Å². The molecule has 2 rings (SSSR count). The molecule has 2 N–H and O–H groups in total. The summed E-state index contributed by atoms with van der Waals surface area (Å²) in [5.41, 5.74) is 0.731. The fraction of sp³-hybridized carbons (Fsp3) is 0.300. The van der Waals surface area contributed by atoms with Crippen molar-refractivity contribution in [2.75, 3.05) is 12.4 Å². The summed E-state index contributed by atoms with van der Waals surface area (Å²) in [4.78, 5) is 24.4. The van der Waals surface area contributed by atoms with Crippen LogP contribution in [-0.2, 0) is 30.8 Å². The van der Waals surface area contributed by atoms with Gasteiger partial charge < -0.3 is 14.8 Å². The van der Waals surface area contributed by atoms with Crippen molar-refractivity contribution in [1.29, 1.82) is 0 Å². The molecular formula is C20H22F2N2O6S. The van der Waals surface area contributed by atoms with E-state index in [2.05, 4.69) is 14.8 Å². The van der Waals surface area contributed by atoms with E-state index in [9.17, 15) is 26.8 Å². The van der Waals surface area contributed by atoms with E-state index in [0.29, 0.717) is 5.56 Å². The van der Waals surface area contributed by atoms with E-state index in [1.54, 1.807) is 12.1 Å². The number of nitrogens with one attached hydrogen (secondary N) is 2. The number of sulfonamides is 1. The molecule has 0 aliphatic rings. The largest absolute Gasteiger partial charge is 0.453 e. The maximum Gasteiger partial charge on any atom is 0.387 e. The highest BCUT2D eigenvalue weighted by atomic mass is 32.2. The molecule has 0 fully saturated rings. The van der Waals surface area contributed by atoms with Crippen molar-refractivity contribution in [1.82, 2.24) is 4.72 Å². The number of hydrogen-bond donors (Lipinski definition) is 2. The Morgan fingerprint density at radius 1 is 1.06 bits per heavy atom.